The van der Waals surface area contributed by atoms with Crippen LogP contribution in [0.25, 0.3) is 11.1 Å². The van der Waals surface area contributed by atoms with Gasteiger partial charge in [-0.25, -0.2) is 9.18 Å². The molecule has 1 unspecified atom stereocenters. The Morgan fingerprint density at radius 3 is 2.66 bits per heavy atom. The maximum Gasteiger partial charge on any atom is 0.414 e. The molecular formula is C24H26FN5O5. The number of anilines is 1. The summed E-state index contributed by atoms with van der Waals surface area (Å²) in [6.45, 7) is 2.60. The standard InChI is InChI=1S/C24H26FN5O5/c1-14(31)27-12-19-13-30(24(34)35-19)18-6-7-20(21(25)8-18)16-4-2-15(3-5-16)9-26-10-17-11-28-23(33)29-22(17)32/h2-8,11,19,23,26,28,33H,9-10,12-13H2,1H3,(H,27,31)(H,29,32)/t19-,23?/m0/s1. The van der Waals surface area contributed by atoms with E-state index in [0.717, 1.165) is 5.56 Å². The van der Waals surface area contributed by atoms with Crippen LogP contribution in [-0.2, 0) is 20.9 Å². The molecule has 3 amide bonds. The molecule has 2 aromatic carbocycles. The van der Waals surface area contributed by atoms with Crippen LogP contribution in [0.1, 0.15) is 12.5 Å². The zero-order valence-corrected chi connectivity index (χ0v) is 19.0. The Hall–Kier alpha value is -3.96. The van der Waals surface area contributed by atoms with E-state index in [1.165, 1.54) is 24.1 Å². The van der Waals surface area contributed by atoms with E-state index in [-0.39, 0.29) is 24.9 Å². The molecular weight excluding hydrogens is 457 g/mol. The molecule has 2 aromatic rings. The zero-order valence-electron chi connectivity index (χ0n) is 19.0. The van der Waals surface area contributed by atoms with E-state index in [9.17, 15) is 23.9 Å². The molecule has 2 atom stereocenters. The summed E-state index contributed by atoms with van der Waals surface area (Å²) in [4.78, 5) is 36.4. The van der Waals surface area contributed by atoms with Gasteiger partial charge in [0, 0.05) is 37.3 Å². The fraction of sp³-hybridized carbons (Fsp3) is 0.292. The molecule has 10 nitrogen and oxygen atoms in total. The molecule has 2 aliphatic heterocycles. The van der Waals surface area contributed by atoms with E-state index in [2.05, 4.69) is 21.3 Å². The van der Waals surface area contributed by atoms with E-state index >= 15 is 0 Å². The van der Waals surface area contributed by atoms with Crippen molar-refractivity contribution in [2.45, 2.75) is 25.9 Å². The molecule has 0 spiro atoms. The fourth-order valence-corrected chi connectivity index (χ4v) is 3.78. The van der Waals surface area contributed by atoms with Crippen molar-refractivity contribution in [2.75, 3.05) is 24.5 Å². The monoisotopic (exact) mass is 483 g/mol. The van der Waals surface area contributed by atoms with E-state index in [4.69, 9.17) is 4.74 Å². The summed E-state index contributed by atoms with van der Waals surface area (Å²) in [7, 11) is 0. The molecule has 2 heterocycles. The lowest BCUT2D eigenvalue weighted by atomic mass is 10.0. The average molecular weight is 484 g/mol. The van der Waals surface area contributed by atoms with E-state index < -0.39 is 24.4 Å². The third kappa shape index (κ3) is 5.94. The molecule has 35 heavy (non-hydrogen) atoms. The van der Waals surface area contributed by atoms with E-state index in [1.807, 2.05) is 12.1 Å². The number of halogens is 1. The topological polar surface area (TPSA) is 132 Å². The highest BCUT2D eigenvalue weighted by Gasteiger charge is 2.32. The fourth-order valence-electron chi connectivity index (χ4n) is 3.78. The molecule has 2 aliphatic rings. The normalized spacial score (nSPS) is 19.5. The summed E-state index contributed by atoms with van der Waals surface area (Å²) < 4.78 is 20.2. The van der Waals surface area contributed by atoms with Crippen LogP contribution in [0.15, 0.2) is 54.2 Å². The molecule has 5 N–H and O–H groups in total. The highest BCUT2D eigenvalue weighted by atomic mass is 19.1. The highest BCUT2D eigenvalue weighted by molar-refractivity contribution is 5.94. The summed E-state index contributed by atoms with van der Waals surface area (Å²) in [5.41, 5.74) is 2.87. The van der Waals surface area contributed by atoms with E-state index in [1.54, 1.807) is 24.3 Å². The van der Waals surface area contributed by atoms with Crippen molar-refractivity contribution < 1.29 is 28.6 Å². The number of aliphatic hydroxyl groups is 1. The zero-order chi connectivity index (χ0) is 24.9. The van der Waals surface area contributed by atoms with Crippen molar-refractivity contribution in [2.24, 2.45) is 0 Å². The summed E-state index contributed by atoms with van der Waals surface area (Å²) in [6.07, 6.45) is -0.694. The molecule has 11 heteroatoms. The van der Waals surface area contributed by atoms with Crippen molar-refractivity contribution in [3.63, 3.8) is 0 Å². The molecule has 0 bridgehead atoms. The van der Waals surface area contributed by atoms with Crippen molar-refractivity contribution in [1.82, 2.24) is 21.3 Å². The first-order chi connectivity index (χ1) is 16.8. The molecule has 0 saturated carbocycles. The Balaban J connectivity index is 1.35. The van der Waals surface area contributed by atoms with Crippen molar-refractivity contribution >= 4 is 23.6 Å². The second kappa shape index (κ2) is 10.5. The molecule has 1 fully saturated rings. The molecule has 0 radical (unpaired) electrons. The van der Waals surface area contributed by atoms with Crippen molar-refractivity contribution in [1.29, 1.82) is 0 Å². The first-order valence-corrected chi connectivity index (χ1v) is 11.1. The number of nitrogens with zero attached hydrogens (tertiary/aromatic N) is 1. The summed E-state index contributed by atoms with van der Waals surface area (Å²) >= 11 is 0. The Morgan fingerprint density at radius 1 is 1.20 bits per heavy atom. The Kier molecular flexibility index (Phi) is 7.28. The highest BCUT2D eigenvalue weighted by Crippen LogP contribution is 2.29. The molecule has 1 saturated heterocycles. The number of ether oxygens (including phenoxy) is 1. The van der Waals surface area contributed by atoms with Gasteiger partial charge in [0.15, 0.2) is 0 Å². The van der Waals surface area contributed by atoms with Gasteiger partial charge in [-0.2, -0.15) is 0 Å². The number of nitrogens with one attached hydrogen (secondary N) is 4. The SMILES string of the molecule is CC(=O)NC[C@H]1CN(c2ccc(-c3ccc(CNCC4=CNC(O)NC4=O)cc3)c(F)c2)C(=O)O1. The molecule has 0 aliphatic carbocycles. The summed E-state index contributed by atoms with van der Waals surface area (Å²) in [5, 5.41) is 20.0. The lowest BCUT2D eigenvalue weighted by Crippen LogP contribution is -2.49. The number of cyclic esters (lactones) is 1. The van der Waals surface area contributed by atoms with Crippen molar-refractivity contribution in [3.05, 3.63) is 65.6 Å². The number of benzene rings is 2. The van der Waals surface area contributed by atoms with Gasteiger partial charge < -0.3 is 31.1 Å². The lowest BCUT2D eigenvalue weighted by molar-refractivity contribution is -0.122. The molecule has 184 valence electrons. The van der Waals surface area contributed by atoms with Crippen LogP contribution in [0.4, 0.5) is 14.9 Å². The largest absolute Gasteiger partial charge is 0.442 e. The quantitative estimate of drug-likeness (QED) is 0.377. The van der Waals surface area contributed by atoms with Gasteiger partial charge in [-0.05, 0) is 29.3 Å². The van der Waals surface area contributed by atoms with Crippen LogP contribution in [0.5, 0.6) is 0 Å². The maximum atomic E-state index is 14.9. The number of carbonyl (C=O) groups excluding carboxylic acids is 3. The van der Waals surface area contributed by atoms with Gasteiger partial charge in [0.1, 0.15) is 11.9 Å². The number of hydrogen-bond donors (Lipinski definition) is 5. The number of carbonyl (C=O) groups is 3. The van der Waals surface area contributed by atoms with Gasteiger partial charge >= 0.3 is 6.09 Å². The van der Waals surface area contributed by atoms with Crippen molar-refractivity contribution in [3.8, 4) is 11.1 Å². The first-order valence-electron chi connectivity index (χ1n) is 11.1. The van der Waals surface area contributed by atoms with E-state index in [0.29, 0.717) is 35.5 Å². The van der Waals surface area contributed by atoms with Crippen LogP contribution >= 0.6 is 0 Å². The van der Waals surface area contributed by atoms with Gasteiger partial charge in [-0.3, -0.25) is 14.5 Å². The maximum absolute atomic E-state index is 14.9. The van der Waals surface area contributed by atoms with Crippen LogP contribution < -0.4 is 26.2 Å². The van der Waals surface area contributed by atoms with Gasteiger partial charge in [0.25, 0.3) is 5.91 Å². The number of aliphatic hydroxyl groups excluding tert-OH is 1. The number of hydrogen-bond acceptors (Lipinski definition) is 7. The number of rotatable bonds is 8. The van der Waals surface area contributed by atoms with Crippen LogP contribution in [0, 0.1) is 5.82 Å². The predicted octanol–water partition coefficient (Wildman–Crippen LogP) is 0.923. The van der Waals surface area contributed by atoms with Crippen LogP contribution in [0.3, 0.4) is 0 Å². The Labute approximate surface area is 201 Å². The minimum absolute atomic E-state index is 0.199. The second-order valence-corrected chi connectivity index (χ2v) is 8.23. The lowest BCUT2D eigenvalue weighted by Gasteiger charge is -2.20. The molecule has 0 aromatic heterocycles. The van der Waals surface area contributed by atoms with Gasteiger partial charge in [-0.15, -0.1) is 0 Å². The Morgan fingerprint density at radius 2 is 1.97 bits per heavy atom. The van der Waals surface area contributed by atoms with Crippen LogP contribution in [0.2, 0.25) is 0 Å². The minimum Gasteiger partial charge on any atom is -0.442 e. The van der Waals surface area contributed by atoms with Gasteiger partial charge in [-0.1, -0.05) is 24.3 Å². The van der Waals surface area contributed by atoms with Gasteiger partial charge in [0.05, 0.1) is 18.8 Å². The van der Waals surface area contributed by atoms with Gasteiger partial charge in [0.2, 0.25) is 12.3 Å². The first kappa shape index (κ1) is 24.2. The Bertz CT molecular complexity index is 1150. The summed E-state index contributed by atoms with van der Waals surface area (Å²) in [5.74, 6) is -1.04. The third-order valence-electron chi connectivity index (χ3n) is 5.60. The second-order valence-electron chi connectivity index (χ2n) is 8.23. The third-order valence-corrected chi connectivity index (χ3v) is 5.60. The minimum atomic E-state index is -1.08. The molecule has 4 rings (SSSR count). The summed E-state index contributed by atoms with van der Waals surface area (Å²) in [6, 6.07) is 11.9. The number of amides is 3. The smallest absolute Gasteiger partial charge is 0.414 e. The van der Waals surface area contributed by atoms with Crippen LogP contribution in [-0.4, -0.2) is 55.1 Å². The average Bonchev–Trinajstić information content (AvgIpc) is 3.20. The predicted molar refractivity (Wildman–Crippen MR) is 125 cm³/mol.